The third-order valence-corrected chi connectivity index (χ3v) is 4.86. The van der Waals surface area contributed by atoms with Gasteiger partial charge in [-0.3, -0.25) is 4.57 Å². The van der Waals surface area contributed by atoms with Gasteiger partial charge in [-0.05, 0) is 23.8 Å². The van der Waals surface area contributed by atoms with Crippen molar-refractivity contribution in [3.05, 3.63) is 30.1 Å². The van der Waals surface area contributed by atoms with Crippen molar-refractivity contribution in [1.82, 2.24) is 19.5 Å². The average molecular weight is 431 g/mol. The lowest BCUT2D eigenvalue weighted by Gasteiger charge is -2.18. The lowest BCUT2D eigenvalue weighted by molar-refractivity contribution is -0.0501. The third-order valence-electron chi connectivity index (χ3n) is 4.86. The highest BCUT2D eigenvalue weighted by molar-refractivity contribution is 5.85. The molecule has 4 rings (SSSR count). The second kappa shape index (κ2) is 8.31. The number of hydrogen-bond acceptors (Lipinski definition) is 12. The molecule has 0 saturated carbocycles. The highest BCUT2D eigenvalue weighted by atomic mass is 16.6. The highest BCUT2D eigenvalue weighted by Crippen LogP contribution is 2.35. The quantitative estimate of drug-likeness (QED) is 0.211. The second-order valence-corrected chi connectivity index (χ2v) is 6.77. The Labute approximate surface area is 175 Å². The van der Waals surface area contributed by atoms with E-state index < -0.39 is 31.1 Å². The van der Waals surface area contributed by atoms with Crippen LogP contribution in [-0.2, 0) is 4.74 Å². The summed E-state index contributed by atoms with van der Waals surface area (Å²) in [4.78, 5) is 12.4. The van der Waals surface area contributed by atoms with Crippen LogP contribution in [0.5, 0.6) is 11.5 Å². The molecule has 3 aromatic rings. The monoisotopic (exact) mass is 431 g/mol. The number of nitrogens with two attached hydrogens (primary N) is 1. The number of benzene rings is 1. The van der Waals surface area contributed by atoms with E-state index in [1.165, 1.54) is 30.3 Å². The number of hydrazone groups is 1. The van der Waals surface area contributed by atoms with Gasteiger partial charge >= 0.3 is 0 Å². The minimum atomic E-state index is -1.36. The number of hydrogen-bond donors (Lipinski definition) is 6. The summed E-state index contributed by atoms with van der Waals surface area (Å²) in [5.41, 5.74) is 9.73. The number of rotatable bonds is 6. The number of nitrogens with zero attached hydrogens (tertiary/aromatic N) is 5. The van der Waals surface area contributed by atoms with E-state index >= 15 is 0 Å². The Hall–Kier alpha value is -3.52. The minimum Gasteiger partial charge on any atom is -0.504 e. The largest absolute Gasteiger partial charge is 0.504 e. The van der Waals surface area contributed by atoms with Crippen LogP contribution in [0.4, 0.5) is 11.8 Å². The van der Waals surface area contributed by atoms with Crippen LogP contribution < -0.4 is 15.9 Å². The number of anilines is 2. The first kappa shape index (κ1) is 20.7. The van der Waals surface area contributed by atoms with E-state index in [0.29, 0.717) is 5.56 Å². The summed E-state index contributed by atoms with van der Waals surface area (Å²) in [6.45, 7) is -0.484. The Morgan fingerprint density at radius 1 is 1.32 bits per heavy atom. The van der Waals surface area contributed by atoms with Crippen molar-refractivity contribution in [1.29, 1.82) is 0 Å². The summed E-state index contributed by atoms with van der Waals surface area (Å²) >= 11 is 0. The molecule has 3 heterocycles. The number of methoxy groups -OCH3 is 1. The summed E-state index contributed by atoms with van der Waals surface area (Å²) in [7, 11) is 1.43. The molecule has 0 amide bonds. The van der Waals surface area contributed by atoms with Crippen LogP contribution in [0.25, 0.3) is 11.2 Å². The van der Waals surface area contributed by atoms with E-state index in [1.807, 2.05) is 0 Å². The molecule has 2 aromatic heterocycles. The predicted molar refractivity (Wildman–Crippen MR) is 109 cm³/mol. The molecule has 13 heteroatoms. The molecule has 0 spiro atoms. The smallest absolute Gasteiger partial charge is 0.228 e. The lowest BCUT2D eigenvalue weighted by Crippen LogP contribution is -2.33. The molecule has 1 aromatic carbocycles. The summed E-state index contributed by atoms with van der Waals surface area (Å²) in [6.07, 6.45) is -2.09. The van der Waals surface area contributed by atoms with Crippen LogP contribution in [0.1, 0.15) is 11.8 Å². The minimum absolute atomic E-state index is 0.00665. The standard InChI is InChI=1S/C18H21N7O6/c1-30-10-4-8(2-3-9(10)27)5-22-24-18-23-12-15(19)20-7-21-16(12)25(18)17-14(29)13(28)11(6-26)31-17/h2-5,7,11,13-14,17,26-29H,6H2,1H3,(H,23,24)(H2,19,20,21)/b22-5-/t11-,13-,14-,17-/m0/s1. The van der Waals surface area contributed by atoms with Crippen molar-refractivity contribution in [3.8, 4) is 11.5 Å². The number of nitrogen functional groups attached to an aromatic ring is 1. The zero-order chi connectivity index (χ0) is 22.1. The number of aliphatic hydroxyl groups excluding tert-OH is 3. The van der Waals surface area contributed by atoms with Crippen molar-refractivity contribution in [2.45, 2.75) is 24.5 Å². The van der Waals surface area contributed by atoms with Gasteiger partial charge in [0.25, 0.3) is 0 Å². The summed E-state index contributed by atoms with van der Waals surface area (Å²) in [5.74, 6) is 0.489. The van der Waals surface area contributed by atoms with Crippen LogP contribution in [-0.4, -0.2) is 78.2 Å². The molecule has 1 aliphatic rings. The number of phenols is 1. The van der Waals surface area contributed by atoms with Crippen LogP contribution in [0, 0.1) is 0 Å². The number of aromatic hydroxyl groups is 1. The number of fused-ring (bicyclic) bond motifs is 1. The van der Waals surface area contributed by atoms with Gasteiger partial charge in [-0.15, -0.1) is 0 Å². The maximum Gasteiger partial charge on any atom is 0.228 e. The number of aliphatic hydroxyl groups is 3. The van der Waals surface area contributed by atoms with Gasteiger partial charge in [-0.25, -0.2) is 20.4 Å². The topological polar surface area (TPSA) is 193 Å². The number of imidazole rings is 1. The van der Waals surface area contributed by atoms with Crippen molar-refractivity contribution < 1.29 is 29.9 Å². The summed E-state index contributed by atoms with van der Waals surface area (Å²) in [6, 6.07) is 4.67. The number of phenolic OH excluding ortho intramolecular Hbond substituents is 1. The molecule has 4 atom stereocenters. The zero-order valence-electron chi connectivity index (χ0n) is 16.3. The third kappa shape index (κ3) is 3.70. The molecule has 1 fully saturated rings. The van der Waals surface area contributed by atoms with E-state index in [9.17, 15) is 20.4 Å². The SMILES string of the molecule is COc1cc(/C=N\Nc2nc3c(N)ncnc3n2[C@H]2O[C@@H](CO)[C@H](O)[C@@H]2O)ccc1O. The molecule has 0 unspecified atom stereocenters. The highest BCUT2D eigenvalue weighted by Gasteiger charge is 2.45. The van der Waals surface area contributed by atoms with Crippen LogP contribution in [0.15, 0.2) is 29.6 Å². The first-order valence-electron chi connectivity index (χ1n) is 9.21. The fourth-order valence-electron chi connectivity index (χ4n) is 3.28. The van der Waals surface area contributed by atoms with Gasteiger partial charge in [-0.1, -0.05) is 0 Å². The Morgan fingerprint density at radius 2 is 2.13 bits per heavy atom. The van der Waals surface area contributed by atoms with E-state index in [2.05, 4.69) is 25.5 Å². The van der Waals surface area contributed by atoms with Gasteiger partial charge in [-0.2, -0.15) is 5.10 Å². The Kier molecular flexibility index (Phi) is 5.56. The fraction of sp³-hybridized carbons (Fsp3) is 0.333. The molecule has 164 valence electrons. The van der Waals surface area contributed by atoms with Crippen LogP contribution in [0.2, 0.25) is 0 Å². The molecule has 0 radical (unpaired) electrons. The maximum absolute atomic E-state index is 10.5. The Balaban J connectivity index is 1.69. The van der Waals surface area contributed by atoms with Crippen molar-refractivity contribution in [2.75, 3.05) is 24.9 Å². The van der Waals surface area contributed by atoms with Gasteiger partial charge in [0.15, 0.2) is 34.7 Å². The summed E-state index contributed by atoms with van der Waals surface area (Å²) in [5, 5.41) is 43.8. The molecule has 0 aliphatic carbocycles. The molecule has 31 heavy (non-hydrogen) atoms. The Morgan fingerprint density at radius 3 is 2.84 bits per heavy atom. The van der Waals surface area contributed by atoms with E-state index in [1.54, 1.807) is 12.1 Å². The zero-order valence-corrected chi connectivity index (χ0v) is 16.3. The van der Waals surface area contributed by atoms with Gasteiger partial charge in [0.2, 0.25) is 5.95 Å². The maximum atomic E-state index is 10.5. The van der Waals surface area contributed by atoms with E-state index in [4.69, 9.17) is 15.2 Å². The fourth-order valence-corrected chi connectivity index (χ4v) is 3.28. The molecular formula is C18H21N7O6. The first-order chi connectivity index (χ1) is 14.9. The normalized spacial score (nSPS) is 23.6. The van der Waals surface area contributed by atoms with Gasteiger partial charge in [0.05, 0.1) is 19.9 Å². The van der Waals surface area contributed by atoms with Gasteiger partial charge < -0.3 is 35.6 Å². The molecule has 1 saturated heterocycles. The molecule has 0 bridgehead atoms. The predicted octanol–water partition coefficient (Wildman–Crippen LogP) is -0.820. The number of aromatic nitrogens is 4. The van der Waals surface area contributed by atoms with Crippen molar-refractivity contribution in [3.63, 3.8) is 0 Å². The first-order valence-corrected chi connectivity index (χ1v) is 9.21. The number of nitrogens with one attached hydrogen (secondary N) is 1. The number of ether oxygens (including phenoxy) is 2. The van der Waals surface area contributed by atoms with E-state index in [-0.39, 0.29) is 34.4 Å². The molecular weight excluding hydrogens is 410 g/mol. The van der Waals surface area contributed by atoms with Crippen molar-refractivity contribution in [2.24, 2.45) is 5.10 Å². The van der Waals surface area contributed by atoms with Crippen LogP contribution in [0.3, 0.4) is 0 Å². The second-order valence-electron chi connectivity index (χ2n) is 6.77. The average Bonchev–Trinajstić information content (AvgIpc) is 3.27. The summed E-state index contributed by atoms with van der Waals surface area (Å²) < 4.78 is 12.1. The molecule has 7 N–H and O–H groups in total. The van der Waals surface area contributed by atoms with Gasteiger partial charge in [0.1, 0.15) is 24.6 Å². The molecule has 1 aliphatic heterocycles. The Bertz CT molecular complexity index is 1120. The molecule has 13 nitrogen and oxygen atoms in total. The van der Waals surface area contributed by atoms with Crippen LogP contribution >= 0.6 is 0 Å². The van der Waals surface area contributed by atoms with Gasteiger partial charge in [0, 0.05) is 0 Å². The lowest BCUT2D eigenvalue weighted by atomic mass is 10.1. The van der Waals surface area contributed by atoms with E-state index in [0.717, 1.165) is 0 Å². The van der Waals surface area contributed by atoms with Crippen molar-refractivity contribution >= 4 is 29.1 Å².